The smallest absolute Gasteiger partial charge is 0.282 e. The molecule has 0 amide bonds. The summed E-state index contributed by atoms with van der Waals surface area (Å²) in [5, 5.41) is 8.32. The fourth-order valence-corrected chi connectivity index (χ4v) is 4.41. The van der Waals surface area contributed by atoms with E-state index in [1.165, 1.54) is 21.5 Å². The number of hydrogen-bond acceptors (Lipinski definition) is 5. The molecule has 0 bridgehead atoms. The molecule has 4 rings (SSSR count). The molecule has 9 heteroatoms. The fourth-order valence-electron chi connectivity index (χ4n) is 2.75. The van der Waals surface area contributed by atoms with Crippen LogP contribution in [-0.4, -0.2) is 71.4 Å². The SMILES string of the molecule is O=S(=O)(N1CCOCC1)N1CC(n2cc(C3CC3)nn2)C1. The van der Waals surface area contributed by atoms with Crippen LogP contribution >= 0.6 is 0 Å². The van der Waals surface area contributed by atoms with Gasteiger partial charge in [0.05, 0.1) is 24.9 Å². The third-order valence-corrected chi connectivity index (χ3v) is 6.32. The Morgan fingerprint density at radius 1 is 1.14 bits per heavy atom. The van der Waals surface area contributed by atoms with Gasteiger partial charge in [-0.05, 0) is 12.8 Å². The molecule has 2 saturated heterocycles. The molecule has 0 atom stereocenters. The van der Waals surface area contributed by atoms with Crippen molar-refractivity contribution < 1.29 is 13.2 Å². The van der Waals surface area contributed by atoms with Crippen molar-refractivity contribution in [3.8, 4) is 0 Å². The third-order valence-electron chi connectivity index (χ3n) is 4.35. The van der Waals surface area contributed by atoms with Crippen LogP contribution in [0.25, 0.3) is 0 Å². The van der Waals surface area contributed by atoms with Gasteiger partial charge in [-0.15, -0.1) is 5.10 Å². The fraction of sp³-hybridized carbons (Fsp3) is 0.833. The molecule has 116 valence electrons. The first-order valence-electron chi connectivity index (χ1n) is 7.39. The second-order valence-electron chi connectivity index (χ2n) is 5.89. The summed E-state index contributed by atoms with van der Waals surface area (Å²) in [4.78, 5) is 0. The zero-order valence-electron chi connectivity index (χ0n) is 11.8. The topological polar surface area (TPSA) is 80.6 Å². The van der Waals surface area contributed by atoms with E-state index < -0.39 is 10.2 Å². The van der Waals surface area contributed by atoms with E-state index in [0.29, 0.717) is 45.3 Å². The van der Waals surface area contributed by atoms with Gasteiger partial charge < -0.3 is 4.74 Å². The van der Waals surface area contributed by atoms with E-state index in [9.17, 15) is 8.42 Å². The number of morpholine rings is 1. The Balaban J connectivity index is 1.39. The van der Waals surface area contributed by atoms with Crippen LogP contribution in [-0.2, 0) is 14.9 Å². The van der Waals surface area contributed by atoms with Gasteiger partial charge in [-0.25, -0.2) is 4.68 Å². The van der Waals surface area contributed by atoms with Crippen LogP contribution in [0.3, 0.4) is 0 Å². The average molecular weight is 313 g/mol. The van der Waals surface area contributed by atoms with Gasteiger partial charge >= 0.3 is 0 Å². The van der Waals surface area contributed by atoms with E-state index in [1.807, 2.05) is 10.9 Å². The first kappa shape index (κ1) is 13.6. The molecule has 0 spiro atoms. The Labute approximate surface area is 123 Å². The molecule has 0 unspecified atom stereocenters. The standard InChI is InChI=1S/C12H19N5O3S/c18-21(19,15-3-5-20-6-4-15)16-7-11(8-16)17-9-12(13-14-17)10-1-2-10/h9-11H,1-8H2. The molecule has 1 aromatic rings. The van der Waals surface area contributed by atoms with Crippen LogP contribution in [0.1, 0.15) is 30.5 Å². The van der Waals surface area contributed by atoms with Crippen LogP contribution in [0.4, 0.5) is 0 Å². The second kappa shape index (κ2) is 5.01. The maximum absolute atomic E-state index is 12.4. The minimum atomic E-state index is -3.34. The highest BCUT2D eigenvalue weighted by atomic mass is 32.2. The molecule has 8 nitrogen and oxygen atoms in total. The van der Waals surface area contributed by atoms with E-state index in [2.05, 4.69) is 10.3 Å². The number of rotatable bonds is 4. The minimum Gasteiger partial charge on any atom is -0.379 e. The lowest BCUT2D eigenvalue weighted by atomic mass is 10.2. The van der Waals surface area contributed by atoms with E-state index in [0.717, 1.165) is 5.69 Å². The zero-order chi connectivity index (χ0) is 14.4. The predicted octanol–water partition coefficient (Wildman–Crippen LogP) is -0.411. The summed E-state index contributed by atoms with van der Waals surface area (Å²) in [6.45, 7) is 2.80. The Morgan fingerprint density at radius 2 is 1.86 bits per heavy atom. The van der Waals surface area contributed by atoms with E-state index in [-0.39, 0.29) is 6.04 Å². The quantitative estimate of drug-likeness (QED) is 0.755. The molecule has 0 N–H and O–H groups in total. The molecule has 0 radical (unpaired) electrons. The molecule has 1 aliphatic carbocycles. The lowest BCUT2D eigenvalue weighted by Gasteiger charge is -2.41. The lowest BCUT2D eigenvalue weighted by Crippen LogP contribution is -2.57. The first-order valence-corrected chi connectivity index (χ1v) is 8.79. The largest absolute Gasteiger partial charge is 0.379 e. The Hall–Kier alpha value is -1.03. The number of nitrogens with zero attached hydrogens (tertiary/aromatic N) is 5. The lowest BCUT2D eigenvalue weighted by molar-refractivity contribution is 0.0662. The average Bonchev–Trinajstić information content (AvgIpc) is 3.18. The Kier molecular flexibility index (Phi) is 3.25. The molecule has 1 aromatic heterocycles. The molecule has 21 heavy (non-hydrogen) atoms. The van der Waals surface area contributed by atoms with Gasteiger partial charge in [-0.3, -0.25) is 0 Å². The van der Waals surface area contributed by atoms with Crippen molar-refractivity contribution in [3.63, 3.8) is 0 Å². The van der Waals surface area contributed by atoms with Crippen molar-refractivity contribution in [2.45, 2.75) is 24.8 Å². The zero-order valence-corrected chi connectivity index (χ0v) is 12.6. The van der Waals surface area contributed by atoms with E-state index in [1.54, 1.807) is 0 Å². The Bertz CT molecular complexity index is 615. The second-order valence-corrected chi connectivity index (χ2v) is 7.82. The van der Waals surface area contributed by atoms with Crippen molar-refractivity contribution in [2.75, 3.05) is 39.4 Å². The summed E-state index contributed by atoms with van der Waals surface area (Å²) in [6, 6.07) is 0.112. The summed E-state index contributed by atoms with van der Waals surface area (Å²) < 4.78 is 34.9. The molecule has 1 saturated carbocycles. The molecule has 3 fully saturated rings. The minimum absolute atomic E-state index is 0.112. The third kappa shape index (κ3) is 2.48. The van der Waals surface area contributed by atoms with E-state index in [4.69, 9.17) is 4.74 Å². The first-order chi connectivity index (χ1) is 10.1. The number of hydrogen-bond donors (Lipinski definition) is 0. The highest BCUT2D eigenvalue weighted by molar-refractivity contribution is 7.86. The molecule has 0 aromatic carbocycles. The van der Waals surface area contributed by atoms with Crippen LogP contribution in [0.5, 0.6) is 0 Å². The number of aromatic nitrogens is 3. The summed E-state index contributed by atoms with van der Waals surface area (Å²) >= 11 is 0. The van der Waals surface area contributed by atoms with Crippen molar-refractivity contribution in [3.05, 3.63) is 11.9 Å². The maximum Gasteiger partial charge on any atom is 0.282 e. The van der Waals surface area contributed by atoms with Crippen LogP contribution < -0.4 is 0 Å². The van der Waals surface area contributed by atoms with Crippen molar-refractivity contribution in [1.29, 1.82) is 0 Å². The van der Waals surface area contributed by atoms with Crippen LogP contribution in [0.15, 0.2) is 6.20 Å². The van der Waals surface area contributed by atoms with Crippen LogP contribution in [0, 0.1) is 0 Å². The van der Waals surface area contributed by atoms with Gasteiger partial charge in [0.15, 0.2) is 0 Å². The molecule has 2 aliphatic heterocycles. The van der Waals surface area contributed by atoms with Gasteiger partial charge in [-0.2, -0.15) is 17.0 Å². The number of ether oxygens (including phenoxy) is 1. The molecule has 3 aliphatic rings. The molecular formula is C12H19N5O3S. The van der Waals surface area contributed by atoms with Gasteiger partial charge in [-0.1, -0.05) is 5.21 Å². The van der Waals surface area contributed by atoms with Gasteiger partial charge in [0.2, 0.25) is 0 Å². The summed E-state index contributed by atoms with van der Waals surface area (Å²) in [6.07, 6.45) is 4.36. The summed E-state index contributed by atoms with van der Waals surface area (Å²) in [5.41, 5.74) is 1.05. The Morgan fingerprint density at radius 3 is 2.52 bits per heavy atom. The van der Waals surface area contributed by atoms with Crippen molar-refractivity contribution >= 4 is 10.2 Å². The van der Waals surface area contributed by atoms with Crippen molar-refractivity contribution in [2.24, 2.45) is 0 Å². The monoisotopic (exact) mass is 313 g/mol. The summed E-state index contributed by atoms with van der Waals surface area (Å²) in [5.74, 6) is 0.576. The molecule has 3 heterocycles. The maximum atomic E-state index is 12.4. The highest BCUT2D eigenvalue weighted by Gasteiger charge is 2.41. The van der Waals surface area contributed by atoms with Gasteiger partial charge in [0, 0.05) is 38.3 Å². The normalized spacial score (nSPS) is 25.9. The van der Waals surface area contributed by atoms with Gasteiger partial charge in [0.1, 0.15) is 0 Å². The van der Waals surface area contributed by atoms with Crippen molar-refractivity contribution in [1.82, 2.24) is 23.6 Å². The predicted molar refractivity (Wildman–Crippen MR) is 73.9 cm³/mol. The highest BCUT2D eigenvalue weighted by Crippen LogP contribution is 2.39. The van der Waals surface area contributed by atoms with Crippen LogP contribution in [0.2, 0.25) is 0 Å². The summed E-state index contributed by atoms with van der Waals surface area (Å²) in [7, 11) is -3.34. The van der Waals surface area contributed by atoms with E-state index >= 15 is 0 Å². The van der Waals surface area contributed by atoms with Gasteiger partial charge in [0.25, 0.3) is 10.2 Å². The molecular weight excluding hydrogens is 294 g/mol.